The Kier molecular flexibility index (Phi) is 8.17. The van der Waals surface area contributed by atoms with Gasteiger partial charge in [0, 0.05) is 48.0 Å². The van der Waals surface area contributed by atoms with Crippen molar-refractivity contribution in [1.82, 2.24) is 9.80 Å². The van der Waals surface area contributed by atoms with Gasteiger partial charge in [-0.15, -0.1) is 0 Å². The first-order valence-corrected chi connectivity index (χ1v) is 14.3. The highest BCUT2D eigenvalue weighted by Gasteiger charge is 2.58. The number of urea groups is 1. The van der Waals surface area contributed by atoms with Crippen LogP contribution in [0.1, 0.15) is 37.7 Å². The Balaban J connectivity index is 1.35. The van der Waals surface area contributed by atoms with E-state index in [1.165, 1.54) is 4.90 Å². The van der Waals surface area contributed by atoms with Crippen molar-refractivity contribution in [3.63, 3.8) is 0 Å². The van der Waals surface area contributed by atoms with E-state index in [0.717, 1.165) is 30.5 Å². The van der Waals surface area contributed by atoms with E-state index in [1.807, 2.05) is 12.1 Å². The summed E-state index contributed by atoms with van der Waals surface area (Å²) in [6.45, 7) is 1.43. The Hall–Kier alpha value is -2.68. The Morgan fingerprint density at radius 1 is 1.03 bits per heavy atom. The lowest BCUT2D eigenvalue weighted by atomic mass is 9.83. The van der Waals surface area contributed by atoms with Crippen molar-refractivity contribution in [2.45, 2.75) is 44.1 Å². The third-order valence-corrected chi connectivity index (χ3v) is 9.03. The minimum atomic E-state index is -1.09. The number of amides is 3. The highest BCUT2D eigenvalue weighted by molar-refractivity contribution is 6.35. The third kappa shape index (κ3) is 5.65. The maximum atomic E-state index is 13.9. The fraction of sp³-hybridized carbons (Fsp3) is 0.464. The minimum absolute atomic E-state index is 0.108. The molecule has 2 aromatic rings. The molecule has 2 aliphatic heterocycles. The van der Waals surface area contributed by atoms with E-state index in [1.54, 1.807) is 29.2 Å². The standard InChI is InChI=1S/C28H30Cl3N3O5/c29-20-5-4-19(23(31)14-20)8-11-34-27(38)33(16-18-2-1-3-18)26(37)28(34)9-12-32(13-10-28)21-6-7-22(30)24(15-21)39-17-25(35)36/h4-7,14-15,18H,1-3,8-13,16-17H2,(H,35,36). The van der Waals surface area contributed by atoms with Crippen LogP contribution in [0.2, 0.25) is 15.1 Å². The molecule has 0 bridgehead atoms. The Morgan fingerprint density at radius 3 is 2.41 bits per heavy atom. The van der Waals surface area contributed by atoms with Gasteiger partial charge in [0.2, 0.25) is 0 Å². The number of hydrogen-bond acceptors (Lipinski definition) is 5. The molecule has 208 valence electrons. The molecule has 5 rings (SSSR count). The number of anilines is 1. The number of benzene rings is 2. The van der Waals surface area contributed by atoms with Crippen molar-refractivity contribution in [1.29, 1.82) is 0 Å². The van der Waals surface area contributed by atoms with Gasteiger partial charge in [-0.2, -0.15) is 0 Å². The number of rotatable bonds is 9. The van der Waals surface area contributed by atoms with Crippen molar-refractivity contribution >= 4 is 58.4 Å². The normalized spacial score (nSPS) is 19.1. The van der Waals surface area contributed by atoms with Crippen LogP contribution >= 0.6 is 34.8 Å². The fourth-order valence-electron chi connectivity index (χ4n) is 5.70. The van der Waals surface area contributed by atoms with Gasteiger partial charge in [-0.05, 0) is 67.9 Å². The molecule has 1 aliphatic carbocycles. The van der Waals surface area contributed by atoms with Gasteiger partial charge < -0.3 is 19.6 Å². The molecule has 39 heavy (non-hydrogen) atoms. The molecule has 1 N–H and O–H groups in total. The number of carbonyl (C=O) groups excluding carboxylic acids is 2. The van der Waals surface area contributed by atoms with E-state index in [-0.39, 0.29) is 17.7 Å². The lowest BCUT2D eigenvalue weighted by molar-refractivity contribution is -0.139. The average Bonchev–Trinajstić information content (AvgIpc) is 3.06. The average molecular weight is 595 g/mol. The van der Waals surface area contributed by atoms with E-state index in [0.29, 0.717) is 66.4 Å². The summed E-state index contributed by atoms with van der Waals surface area (Å²) in [6, 6.07) is 10.3. The number of piperidine rings is 1. The molecule has 1 saturated carbocycles. The topological polar surface area (TPSA) is 90.4 Å². The summed E-state index contributed by atoms with van der Waals surface area (Å²) in [4.78, 5) is 43.9. The van der Waals surface area contributed by atoms with E-state index < -0.39 is 18.1 Å². The maximum absolute atomic E-state index is 13.9. The lowest BCUT2D eigenvalue weighted by Crippen LogP contribution is -2.57. The summed E-state index contributed by atoms with van der Waals surface area (Å²) < 4.78 is 5.34. The van der Waals surface area contributed by atoms with Gasteiger partial charge in [-0.3, -0.25) is 9.69 Å². The Bertz CT molecular complexity index is 1280. The first-order valence-electron chi connectivity index (χ1n) is 13.1. The van der Waals surface area contributed by atoms with Crippen LogP contribution in [0, 0.1) is 5.92 Å². The van der Waals surface area contributed by atoms with Crippen LogP contribution in [-0.4, -0.2) is 71.1 Å². The minimum Gasteiger partial charge on any atom is -0.480 e. The zero-order valence-electron chi connectivity index (χ0n) is 21.4. The summed E-state index contributed by atoms with van der Waals surface area (Å²) in [5.74, 6) is -0.536. The van der Waals surface area contributed by atoms with Crippen LogP contribution in [-0.2, 0) is 16.0 Å². The molecule has 3 fully saturated rings. The molecule has 0 atom stereocenters. The van der Waals surface area contributed by atoms with Crippen molar-refractivity contribution in [2.75, 3.05) is 37.7 Å². The SMILES string of the molecule is O=C(O)COc1cc(N2CCC3(CC2)C(=O)N(CC2CCC2)C(=O)N3CCc2ccc(Cl)cc2Cl)ccc1Cl. The van der Waals surface area contributed by atoms with Crippen molar-refractivity contribution in [3.8, 4) is 5.75 Å². The Labute approximate surface area is 242 Å². The number of halogens is 3. The molecule has 0 aromatic heterocycles. The molecule has 2 saturated heterocycles. The number of carbonyl (C=O) groups is 3. The number of carboxylic acid groups (broad SMARTS) is 1. The van der Waals surface area contributed by atoms with E-state index >= 15 is 0 Å². The van der Waals surface area contributed by atoms with Crippen molar-refractivity contribution in [2.24, 2.45) is 5.92 Å². The van der Waals surface area contributed by atoms with E-state index in [4.69, 9.17) is 44.6 Å². The van der Waals surface area contributed by atoms with Crippen molar-refractivity contribution in [3.05, 3.63) is 57.0 Å². The largest absolute Gasteiger partial charge is 0.480 e. The van der Waals surface area contributed by atoms with Gasteiger partial charge >= 0.3 is 12.0 Å². The number of nitrogens with zero attached hydrogens (tertiary/aromatic N) is 3. The van der Waals surface area contributed by atoms with Crippen LogP contribution < -0.4 is 9.64 Å². The molecule has 0 radical (unpaired) electrons. The molecule has 2 heterocycles. The summed E-state index contributed by atoms with van der Waals surface area (Å²) in [5, 5.41) is 10.4. The lowest BCUT2D eigenvalue weighted by Gasteiger charge is -2.43. The van der Waals surface area contributed by atoms with Crippen LogP contribution in [0.5, 0.6) is 5.75 Å². The van der Waals surface area contributed by atoms with Crippen LogP contribution in [0.15, 0.2) is 36.4 Å². The highest BCUT2D eigenvalue weighted by Crippen LogP contribution is 2.41. The molecule has 11 heteroatoms. The van der Waals surface area contributed by atoms with E-state index in [2.05, 4.69) is 4.90 Å². The second-order valence-corrected chi connectivity index (χ2v) is 11.7. The number of hydrogen-bond donors (Lipinski definition) is 1. The zero-order valence-corrected chi connectivity index (χ0v) is 23.6. The van der Waals surface area contributed by atoms with Gasteiger partial charge in [-0.25, -0.2) is 9.59 Å². The predicted octanol–water partition coefficient (Wildman–Crippen LogP) is 5.76. The van der Waals surface area contributed by atoms with Crippen LogP contribution in [0.4, 0.5) is 10.5 Å². The number of carboxylic acids is 1. The predicted molar refractivity (Wildman–Crippen MR) is 150 cm³/mol. The second kappa shape index (κ2) is 11.4. The number of imide groups is 1. The quantitative estimate of drug-likeness (QED) is 0.372. The van der Waals surface area contributed by atoms with Gasteiger partial charge in [0.1, 0.15) is 11.3 Å². The van der Waals surface area contributed by atoms with Crippen molar-refractivity contribution < 1.29 is 24.2 Å². The molecule has 2 aromatic carbocycles. The third-order valence-electron chi connectivity index (χ3n) is 8.13. The molecule has 8 nitrogen and oxygen atoms in total. The monoisotopic (exact) mass is 593 g/mol. The van der Waals surface area contributed by atoms with E-state index in [9.17, 15) is 14.4 Å². The highest BCUT2D eigenvalue weighted by atomic mass is 35.5. The molecule has 0 unspecified atom stereocenters. The maximum Gasteiger partial charge on any atom is 0.341 e. The van der Waals surface area contributed by atoms with Gasteiger partial charge in [-0.1, -0.05) is 47.3 Å². The molecule has 1 spiro atoms. The van der Waals surface area contributed by atoms with Crippen LogP contribution in [0.25, 0.3) is 0 Å². The van der Waals surface area contributed by atoms with Gasteiger partial charge in [0.25, 0.3) is 5.91 Å². The summed E-state index contributed by atoms with van der Waals surface area (Å²) >= 11 is 18.7. The molecular formula is C28H30Cl3N3O5. The molecular weight excluding hydrogens is 565 g/mol. The molecule has 3 amide bonds. The first-order chi connectivity index (χ1) is 18.7. The summed E-state index contributed by atoms with van der Waals surface area (Å²) in [5.41, 5.74) is 0.782. The fourth-order valence-corrected chi connectivity index (χ4v) is 6.38. The van der Waals surface area contributed by atoms with Crippen LogP contribution in [0.3, 0.4) is 0 Å². The van der Waals surface area contributed by atoms with Gasteiger partial charge in [0.05, 0.1) is 5.02 Å². The molecule has 3 aliphatic rings. The summed E-state index contributed by atoms with van der Waals surface area (Å²) in [7, 11) is 0. The summed E-state index contributed by atoms with van der Waals surface area (Å²) in [6.07, 6.45) is 4.68. The second-order valence-electron chi connectivity index (χ2n) is 10.4. The first kappa shape index (κ1) is 27.9. The van der Waals surface area contributed by atoms with Gasteiger partial charge in [0.15, 0.2) is 6.61 Å². The number of aliphatic carboxylic acids is 1. The zero-order chi connectivity index (χ0) is 27.7. The number of ether oxygens (including phenoxy) is 1. The Morgan fingerprint density at radius 2 is 1.77 bits per heavy atom. The smallest absolute Gasteiger partial charge is 0.341 e.